The van der Waals surface area contributed by atoms with Crippen molar-refractivity contribution in [2.45, 2.75) is 39.3 Å². The molecule has 4 N–H and O–H groups in total. The van der Waals surface area contributed by atoms with Crippen LogP contribution in [0.5, 0.6) is 5.75 Å². The summed E-state index contributed by atoms with van der Waals surface area (Å²) in [7, 11) is 0. The second kappa shape index (κ2) is 11.2. The molecule has 0 bridgehead atoms. The number of carboxylic acid groups (broad SMARTS) is 1. The number of H-pyrrole nitrogens is 1. The summed E-state index contributed by atoms with van der Waals surface area (Å²) in [4.78, 5) is 26.5. The summed E-state index contributed by atoms with van der Waals surface area (Å²) in [5.41, 5.74) is 3.96. The Balaban J connectivity index is 1.55. The van der Waals surface area contributed by atoms with Crippen molar-refractivity contribution < 1.29 is 19.5 Å². The van der Waals surface area contributed by atoms with Gasteiger partial charge in [-0.05, 0) is 63.5 Å². The molecule has 8 nitrogen and oxygen atoms in total. The minimum absolute atomic E-state index is 0.00484. The predicted molar refractivity (Wildman–Crippen MR) is 142 cm³/mol. The Morgan fingerprint density at radius 2 is 2.06 bits per heavy atom. The molecule has 1 fully saturated rings. The third-order valence-electron chi connectivity index (χ3n) is 6.33. The Kier molecular flexibility index (Phi) is 7.98. The minimum Gasteiger partial charge on any atom is -0.489 e. The number of aromatic nitrogens is 1. The molecule has 1 aliphatic rings. The number of ether oxygens (including phenoxy) is 1. The van der Waals surface area contributed by atoms with E-state index in [-0.39, 0.29) is 17.9 Å². The number of piperidine rings is 1. The summed E-state index contributed by atoms with van der Waals surface area (Å²) in [6, 6.07) is 11.2. The molecule has 4 rings (SSSR count). The second-order valence-corrected chi connectivity index (χ2v) is 9.63. The van der Waals surface area contributed by atoms with E-state index in [1.54, 1.807) is 18.2 Å². The van der Waals surface area contributed by atoms with Gasteiger partial charge in [-0.3, -0.25) is 9.69 Å². The molecule has 0 saturated carbocycles. The van der Waals surface area contributed by atoms with Crippen LogP contribution >= 0.6 is 11.6 Å². The van der Waals surface area contributed by atoms with E-state index in [2.05, 4.69) is 27.5 Å². The summed E-state index contributed by atoms with van der Waals surface area (Å²) < 4.78 is 5.69. The lowest BCUT2D eigenvalue weighted by molar-refractivity contribution is -0.143. The summed E-state index contributed by atoms with van der Waals surface area (Å²) in [6.07, 6.45) is 3.33. The summed E-state index contributed by atoms with van der Waals surface area (Å²) >= 11 is 6.38. The van der Waals surface area contributed by atoms with Gasteiger partial charge in [0.1, 0.15) is 5.75 Å². The summed E-state index contributed by atoms with van der Waals surface area (Å²) in [6.45, 7) is 10.3. The Hall–Kier alpha value is -3.33. The average molecular weight is 511 g/mol. The van der Waals surface area contributed by atoms with Gasteiger partial charge in [0.2, 0.25) is 5.90 Å². The number of nitrogens with one attached hydrogen (secondary N) is 1. The van der Waals surface area contributed by atoms with Crippen LogP contribution in [0.25, 0.3) is 16.6 Å². The molecule has 190 valence electrons. The normalized spacial score (nSPS) is 15.4. The van der Waals surface area contributed by atoms with Crippen molar-refractivity contribution in [2.24, 2.45) is 16.8 Å². The lowest BCUT2D eigenvalue weighted by Crippen LogP contribution is -2.35. The molecular weight excluding hydrogens is 480 g/mol. The molecule has 3 aromatic rings. The van der Waals surface area contributed by atoms with Gasteiger partial charge in [0.05, 0.1) is 28.3 Å². The van der Waals surface area contributed by atoms with Crippen LogP contribution in [0.1, 0.15) is 43.4 Å². The van der Waals surface area contributed by atoms with Crippen molar-refractivity contribution in [1.82, 2.24) is 9.88 Å². The summed E-state index contributed by atoms with van der Waals surface area (Å²) in [5, 5.41) is 10.7. The Labute approximate surface area is 215 Å². The number of rotatable bonds is 8. The van der Waals surface area contributed by atoms with Gasteiger partial charge in [0, 0.05) is 29.3 Å². The smallest absolute Gasteiger partial charge is 0.306 e. The van der Waals surface area contributed by atoms with E-state index in [1.807, 2.05) is 32.2 Å². The zero-order valence-electron chi connectivity index (χ0n) is 20.5. The van der Waals surface area contributed by atoms with Crippen molar-refractivity contribution in [1.29, 1.82) is 0 Å². The number of nitrogens with two attached hydrogens (primary N) is 1. The molecule has 1 aromatic heterocycles. The maximum absolute atomic E-state index is 11.2. The SMILES string of the molecule is C=C(N=C(ON)c1ccc(OC(C)C)c(Cl)c1)c1cccc2c(CN3CCC(C(=O)O)CC3)c[nH]c12. The van der Waals surface area contributed by atoms with Crippen molar-refractivity contribution in [3.8, 4) is 5.75 Å². The number of aromatic amines is 1. The Morgan fingerprint density at radius 1 is 1.31 bits per heavy atom. The van der Waals surface area contributed by atoms with Crippen LogP contribution in [0.2, 0.25) is 5.02 Å². The third kappa shape index (κ3) is 5.73. The molecule has 1 saturated heterocycles. The fraction of sp³-hybridized carbons (Fsp3) is 0.333. The summed E-state index contributed by atoms with van der Waals surface area (Å²) in [5.74, 6) is 5.36. The molecule has 9 heteroatoms. The highest BCUT2D eigenvalue weighted by molar-refractivity contribution is 6.32. The van der Waals surface area contributed by atoms with Crippen LogP contribution in [0.15, 0.2) is 54.2 Å². The number of hydrogen-bond acceptors (Lipinski definition) is 6. The van der Waals surface area contributed by atoms with Gasteiger partial charge < -0.3 is 19.7 Å². The molecule has 2 heterocycles. The van der Waals surface area contributed by atoms with E-state index in [1.165, 1.54) is 0 Å². The predicted octanol–water partition coefficient (Wildman–Crippen LogP) is 5.21. The van der Waals surface area contributed by atoms with Crippen LogP contribution in [0, 0.1) is 5.92 Å². The van der Waals surface area contributed by atoms with E-state index in [4.69, 9.17) is 27.1 Å². The molecule has 0 aliphatic carbocycles. The molecule has 36 heavy (non-hydrogen) atoms. The van der Waals surface area contributed by atoms with E-state index < -0.39 is 5.97 Å². The number of hydrogen-bond donors (Lipinski definition) is 3. The first-order valence-corrected chi connectivity index (χ1v) is 12.3. The molecule has 0 amide bonds. The van der Waals surface area contributed by atoms with Gasteiger partial charge in [-0.15, -0.1) is 0 Å². The first-order chi connectivity index (χ1) is 17.3. The lowest BCUT2D eigenvalue weighted by Gasteiger charge is -2.29. The fourth-order valence-corrected chi connectivity index (χ4v) is 4.71. The quantitative estimate of drug-likeness (QED) is 0.218. The van der Waals surface area contributed by atoms with Crippen LogP contribution in [0.3, 0.4) is 0 Å². The maximum Gasteiger partial charge on any atom is 0.306 e. The standard InChI is InChI=1S/C27H31ClN4O4/c1-16(2)35-24-8-7-19(13-23(24)28)26(36-29)31-17(3)21-5-4-6-22-20(14-30-25(21)22)15-32-11-9-18(10-12-32)27(33)34/h4-8,13-14,16,18,30H,3,9-12,15,29H2,1-2H3,(H,33,34). The highest BCUT2D eigenvalue weighted by atomic mass is 35.5. The first kappa shape index (κ1) is 25.8. The first-order valence-electron chi connectivity index (χ1n) is 11.9. The van der Waals surface area contributed by atoms with E-state index in [0.29, 0.717) is 34.9 Å². The van der Waals surface area contributed by atoms with Gasteiger partial charge in [0.15, 0.2) is 0 Å². The van der Waals surface area contributed by atoms with Crippen molar-refractivity contribution in [3.05, 3.63) is 70.9 Å². The van der Waals surface area contributed by atoms with Crippen LogP contribution in [-0.4, -0.2) is 46.1 Å². The highest BCUT2D eigenvalue weighted by Gasteiger charge is 2.25. The Morgan fingerprint density at radius 3 is 2.69 bits per heavy atom. The number of halogens is 1. The van der Waals surface area contributed by atoms with Crippen LogP contribution in [0.4, 0.5) is 0 Å². The lowest BCUT2D eigenvalue weighted by atomic mass is 9.96. The average Bonchev–Trinajstić information content (AvgIpc) is 3.26. The second-order valence-electron chi connectivity index (χ2n) is 9.22. The number of aliphatic imine (C=N–C) groups is 1. The molecule has 2 aromatic carbocycles. The van der Waals surface area contributed by atoms with Crippen molar-refractivity contribution in [2.75, 3.05) is 13.1 Å². The number of benzene rings is 2. The molecule has 0 atom stereocenters. The third-order valence-corrected chi connectivity index (χ3v) is 6.63. The van der Waals surface area contributed by atoms with Gasteiger partial charge in [0.25, 0.3) is 0 Å². The molecule has 0 radical (unpaired) electrons. The van der Waals surface area contributed by atoms with Crippen molar-refractivity contribution in [3.63, 3.8) is 0 Å². The van der Waals surface area contributed by atoms with E-state index in [0.717, 1.165) is 41.7 Å². The van der Waals surface area contributed by atoms with Crippen molar-refractivity contribution >= 4 is 40.1 Å². The number of aliphatic carboxylic acids is 1. The Bertz CT molecular complexity index is 1290. The van der Waals surface area contributed by atoms with E-state index >= 15 is 0 Å². The number of fused-ring (bicyclic) bond motifs is 1. The number of likely N-dealkylation sites (tertiary alicyclic amines) is 1. The van der Waals surface area contributed by atoms with Gasteiger partial charge in [-0.25, -0.2) is 4.99 Å². The van der Waals surface area contributed by atoms with Gasteiger partial charge in [-0.2, -0.15) is 5.90 Å². The number of carboxylic acids is 1. The number of para-hydroxylation sites is 1. The maximum atomic E-state index is 11.2. The largest absolute Gasteiger partial charge is 0.489 e. The zero-order chi connectivity index (χ0) is 25.8. The van der Waals surface area contributed by atoms with Gasteiger partial charge >= 0.3 is 5.97 Å². The van der Waals surface area contributed by atoms with Gasteiger partial charge in [-0.1, -0.05) is 36.4 Å². The molecular formula is C27H31ClN4O4. The number of nitrogens with zero attached hydrogens (tertiary/aromatic N) is 2. The van der Waals surface area contributed by atoms with Crippen LogP contribution < -0.4 is 10.6 Å². The van der Waals surface area contributed by atoms with Crippen LogP contribution in [-0.2, 0) is 16.2 Å². The fourth-order valence-electron chi connectivity index (χ4n) is 4.49. The highest BCUT2D eigenvalue weighted by Crippen LogP contribution is 2.30. The zero-order valence-corrected chi connectivity index (χ0v) is 21.2. The number of carbonyl (C=O) groups is 1. The molecule has 0 unspecified atom stereocenters. The minimum atomic E-state index is -0.701. The molecule has 1 aliphatic heterocycles. The van der Waals surface area contributed by atoms with E-state index in [9.17, 15) is 9.90 Å². The molecule has 0 spiro atoms. The topological polar surface area (TPSA) is 113 Å². The monoisotopic (exact) mass is 510 g/mol.